The molecule has 0 atom stereocenters. The van der Waals surface area contributed by atoms with Gasteiger partial charge in [0.25, 0.3) is 5.91 Å². The van der Waals surface area contributed by atoms with E-state index >= 15 is 0 Å². The monoisotopic (exact) mass is 380 g/mol. The van der Waals surface area contributed by atoms with Gasteiger partial charge in [-0.05, 0) is 43.5 Å². The second-order valence-electron chi connectivity index (χ2n) is 5.98. The molecule has 134 valence electrons. The van der Waals surface area contributed by atoms with Crippen molar-refractivity contribution in [2.75, 3.05) is 5.32 Å². The molecule has 9 heteroatoms. The molecule has 1 amide bonds. The van der Waals surface area contributed by atoms with Gasteiger partial charge in [-0.3, -0.25) is 10.1 Å². The number of aryl methyl sites for hydroxylation is 1. The van der Waals surface area contributed by atoms with Crippen molar-refractivity contribution in [1.29, 1.82) is 0 Å². The van der Waals surface area contributed by atoms with Gasteiger partial charge in [0.05, 0.1) is 4.90 Å². The van der Waals surface area contributed by atoms with Crippen molar-refractivity contribution in [2.24, 2.45) is 0 Å². The summed E-state index contributed by atoms with van der Waals surface area (Å²) >= 11 is 1.36. The van der Waals surface area contributed by atoms with Crippen LogP contribution in [0.2, 0.25) is 0 Å². The van der Waals surface area contributed by atoms with E-state index in [0.29, 0.717) is 10.7 Å². The van der Waals surface area contributed by atoms with E-state index in [2.05, 4.69) is 27.2 Å². The lowest BCUT2D eigenvalue weighted by Gasteiger charge is -2.06. The average molecular weight is 380 g/mol. The third-order valence-electron chi connectivity index (χ3n) is 3.76. The van der Waals surface area contributed by atoms with Crippen LogP contribution in [-0.2, 0) is 16.4 Å². The molecule has 2 aromatic rings. The Balaban J connectivity index is 1.63. The summed E-state index contributed by atoms with van der Waals surface area (Å²) in [6.45, 7) is 2.10. The zero-order valence-corrected chi connectivity index (χ0v) is 15.5. The Kier molecular flexibility index (Phi) is 5.45. The molecular formula is C16H20N4O3S2. The maximum atomic E-state index is 12.2. The maximum absolute atomic E-state index is 12.2. The van der Waals surface area contributed by atoms with Gasteiger partial charge in [-0.2, -0.15) is 0 Å². The van der Waals surface area contributed by atoms with Gasteiger partial charge in [0, 0.05) is 18.0 Å². The summed E-state index contributed by atoms with van der Waals surface area (Å²) in [7, 11) is -3.51. The molecule has 0 saturated heterocycles. The molecule has 0 radical (unpaired) electrons. The Hall–Kier alpha value is -1.84. The molecule has 7 nitrogen and oxygen atoms in total. The number of anilines is 1. The molecular weight excluding hydrogens is 360 g/mol. The standard InChI is InChI=1S/C16H20N4O3S2/c1-2-3-4-14-18-19-16(24-14)17-15(21)11-5-9-13(10-6-11)25(22,23)20-12-7-8-12/h5-6,9-10,12,20H,2-4,7-8H2,1H3,(H,17,19,21). The van der Waals surface area contributed by atoms with Gasteiger partial charge in [0.2, 0.25) is 15.2 Å². The number of amides is 1. The number of unbranched alkanes of at least 4 members (excludes halogenated alkanes) is 1. The highest BCUT2D eigenvalue weighted by molar-refractivity contribution is 7.89. The molecule has 3 rings (SSSR count). The van der Waals surface area contributed by atoms with E-state index < -0.39 is 10.0 Å². The number of nitrogens with one attached hydrogen (secondary N) is 2. The third kappa shape index (κ3) is 4.83. The molecule has 1 aliphatic carbocycles. The highest BCUT2D eigenvalue weighted by atomic mass is 32.2. The van der Waals surface area contributed by atoms with Crippen molar-refractivity contribution in [2.45, 2.75) is 50.0 Å². The van der Waals surface area contributed by atoms with E-state index in [-0.39, 0.29) is 16.8 Å². The lowest BCUT2D eigenvalue weighted by molar-refractivity contribution is 0.102. The number of sulfonamides is 1. The van der Waals surface area contributed by atoms with Gasteiger partial charge in [-0.15, -0.1) is 10.2 Å². The number of rotatable bonds is 8. The number of carbonyl (C=O) groups is 1. The Morgan fingerprint density at radius 3 is 2.60 bits per heavy atom. The SMILES string of the molecule is CCCCc1nnc(NC(=O)c2ccc(S(=O)(=O)NC3CC3)cc2)s1. The lowest BCUT2D eigenvalue weighted by atomic mass is 10.2. The number of aromatic nitrogens is 2. The Morgan fingerprint density at radius 1 is 1.24 bits per heavy atom. The molecule has 0 spiro atoms. The summed E-state index contributed by atoms with van der Waals surface area (Å²) < 4.78 is 26.8. The molecule has 0 bridgehead atoms. The quantitative estimate of drug-likeness (QED) is 0.733. The van der Waals surface area contributed by atoms with Crippen molar-refractivity contribution < 1.29 is 13.2 Å². The van der Waals surface area contributed by atoms with Crippen molar-refractivity contribution in [3.63, 3.8) is 0 Å². The number of carbonyl (C=O) groups excluding carboxylic acids is 1. The Labute approximate surface area is 150 Å². The van der Waals surface area contributed by atoms with E-state index in [4.69, 9.17) is 0 Å². The topological polar surface area (TPSA) is 101 Å². The number of nitrogens with zero attached hydrogens (tertiary/aromatic N) is 2. The molecule has 1 heterocycles. The van der Waals surface area contributed by atoms with Crippen molar-refractivity contribution in [3.8, 4) is 0 Å². The first kappa shape index (κ1) is 18.0. The average Bonchev–Trinajstić information content (AvgIpc) is 3.29. The minimum Gasteiger partial charge on any atom is -0.296 e. The second-order valence-corrected chi connectivity index (χ2v) is 8.75. The van der Waals surface area contributed by atoms with Gasteiger partial charge >= 0.3 is 0 Å². The molecule has 1 aliphatic rings. The molecule has 1 saturated carbocycles. The fourth-order valence-electron chi connectivity index (χ4n) is 2.18. The van der Waals surface area contributed by atoms with Crippen LogP contribution in [0.25, 0.3) is 0 Å². The van der Waals surface area contributed by atoms with Crippen LogP contribution in [0.3, 0.4) is 0 Å². The van der Waals surface area contributed by atoms with Crippen molar-refractivity contribution in [3.05, 3.63) is 34.8 Å². The van der Waals surface area contributed by atoms with Crippen LogP contribution in [0, 0.1) is 0 Å². The summed E-state index contributed by atoms with van der Waals surface area (Å²) in [6.07, 6.45) is 4.72. The van der Waals surface area contributed by atoms with Crippen LogP contribution in [0.1, 0.15) is 48.0 Å². The molecule has 0 aliphatic heterocycles. The van der Waals surface area contributed by atoms with E-state index in [1.54, 1.807) is 0 Å². The van der Waals surface area contributed by atoms with Gasteiger partial charge in [0.1, 0.15) is 5.01 Å². The zero-order valence-electron chi connectivity index (χ0n) is 13.9. The number of benzene rings is 1. The first-order valence-electron chi connectivity index (χ1n) is 8.24. The molecule has 1 aromatic carbocycles. The fraction of sp³-hybridized carbons (Fsp3) is 0.438. The van der Waals surface area contributed by atoms with E-state index in [9.17, 15) is 13.2 Å². The van der Waals surface area contributed by atoms with Crippen LogP contribution in [-0.4, -0.2) is 30.6 Å². The second kappa shape index (κ2) is 7.59. The van der Waals surface area contributed by atoms with Crippen LogP contribution >= 0.6 is 11.3 Å². The predicted octanol–water partition coefficient (Wildman–Crippen LogP) is 2.57. The van der Waals surface area contributed by atoms with Crippen LogP contribution in [0.4, 0.5) is 5.13 Å². The normalized spacial score (nSPS) is 14.4. The van der Waals surface area contributed by atoms with E-state index in [1.807, 2.05) is 0 Å². The smallest absolute Gasteiger partial charge is 0.257 e. The molecule has 0 unspecified atom stereocenters. The largest absolute Gasteiger partial charge is 0.296 e. The van der Waals surface area contributed by atoms with Crippen molar-refractivity contribution >= 4 is 32.4 Å². The van der Waals surface area contributed by atoms with E-state index in [0.717, 1.165) is 37.1 Å². The highest BCUT2D eigenvalue weighted by Crippen LogP contribution is 2.22. The maximum Gasteiger partial charge on any atom is 0.257 e. The Morgan fingerprint density at radius 2 is 1.96 bits per heavy atom. The van der Waals surface area contributed by atoms with Crippen LogP contribution in [0.15, 0.2) is 29.2 Å². The van der Waals surface area contributed by atoms with Gasteiger partial charge < -0.3 is 0 Å². The van der Waals surface area contributed by atoms with E-state index in [1.165, 1.54) is 35.6 Å². The summed E-state index contributed by atoms with van der Waals surface area (Å²) in [5.41, 5.74) is 0.371. The first-order valence-corrected chi connectivity index (χ1v) is 10.5. The Bertz CT molecular complexity index is 843. The molecule has 1 aromatic heterocycles. The van der Waals surface area contributed by atoms with Gasteiger partial charge in [0.15, 0.2) is 0 Å². The van der Waals surface area contributed by atoms with Crippen LogP contribution in [0.5, 0.6) is 0 Å². The number of hydrogen-bond donors (Lipinski definition) is 2. The minimum absolute atomic E-state index is 0.0484. The fourth-order valence-corrected chi connectivity index (χ4v) is 4.26. The number of hydrogen-bond acceptors (Lipinski definition) is 6. The summed E-state index contributed by atoms with van der Waals surface area (Å²) in [5, 5.41) is 12.0. The highest BCUT2D eigenvalue weighted by Gasteiger charge is 2.28. The van der Waals surface area contributed by atoms with Gasteiger partial charge in [-0.25, -0.2) is 13.1 Å². The summed E-state index contributed by atoms with van der Waals surface area (Å²) in [4.78, 5) is 12.4. The van der Waals surface area contributed by atoms with Crippen LogP contribution < -0.4 is 10.0 Å². The lowest BCUT2D eigenvalue weighted by Crippen LogP contribution is -2.25. The third-order valence-corrected chi connectivity index (χ3v) is 6.19. The first-order chi connectivity index (χ1) is 12.0. The molecule has 2 N–H and O–H groups in total. The summed E-state index contributed by atoms with van der Waals surface area (Å²) in [5.74, 6) is -0.336. The van der Waals surface area contributed by atoms with Gasteiger partial charge in [-0.1, -0.05) is 24.7 Å². The minimum atomic E-state index is -3.51. The molecule has 25 heavy (non-hydrogen) atoms. The van der Waals surface area contributed by atoms with Crippen molar-refractivity contribution in [1.82, 2.24) is 14.9 Å². The summed E-state index contributed by atoms with van der Waals surface area (Å²) in [6, 6.07) is 5.91. The predicted molar refractivity (Wildman–Crippen MR) is 96.3 cm³/mol. The zero-order chi connectivity index (χ0) is 17.9. The molecule has 1 fully saturated rings.